The highest BCUT2D eigenvalue weighted by Gasteiger charge is 2.30. The molecule has 0 radical (unpaired) electrons. The molecule has 2 heteroatoms. The van der Waals surface area contributed by atoms with Crippen LogP contribution in [0.1, 0.15) is 42.5 Å². The Labute approximate surface area is 126 Å². The van der Waals surface area contributed by atoms with E-state index < -0.39 is 0 Å². The molecule has 1 heterocycles. The van der Waals surface area contributed by atoms with Gasteiger partial charge in [-0.2, -0.15) is 0 Å². The Morgan fingerprint density at radius 2 is 1.85 bits per heavy atom. The van der Waals surface area contributed by atoms with Gasteiger partial charge >= 0.3 is 0 Å². The summed E-state index contributed by atoms with van der Waals surface area (Å²) in [6.45, 7) is 4.46. The number of hydrogen-bond acceptors (Lipinski definition) is 1. The average molecular weight is 286 g/mol. The van der Waals surface area contributed by atoms with Crippen LogP contribution >= 0.6 is 11.6 Å². The third-order valence-electron chi connectivity index (χ3n) is 4.07. The minimum absolute atomic E-state index is 0.384. The molecule has 1 unspecified atom stereocenters. The Balaban J connectivity index is 1.96. The van der Waals surface area contributed by atoms with Crippen LogP contribution in [0.25, 0.3) is 0 Å². The van der Waals surface area contributed by atoms with E-state index in [0.29, 0.717) is 6.04 Å². The van der Waals surface area contributed by atoms with Gasteiger partial charge in [0, 0.05) is 11.6 Å². The molecule has 1 aliphatic rings. The molecule has 1 atom stereocenters. The minimum atomic E-state index is 0.384. The van der Waals surface area contributed by atoms with Crippen LogP contribution in [-0.2, 0) is 6.54 Å². The third kappa shape index (κ3) is 2.61. The van der Waals surface area contributed by atoms with Gasteiger partial charge in [0.05, 0.1) is 6.04 Å². The van der Waals surface area contributed by atoms with Crippen LogP contribution in [0.4, 0.5) is 0 Å². The lowest BCUT2D eigenvalue weighted by Crippen LogP contribution is -2.24. The normalized spacial score (nSPS) is 18.2. The van der Waals surface area contributed by atoms with Crippen LogP contribution < -0.4 is 0 Å². The zero-order chi connectivity index (χ0) is 13.9. The number of fused-ring (bicyclic) bond motifs is 1. The molecule has 0 saturated heterocycles. The Morgan fingerprint density at radius 1 is 1.10 bits per heavy atom. The Morgan fingerprint density at radius 3 is 2.60 bits per heavy atom. The van der Waals surface area contributed by atoms with E-state index in [2.05, 4.69) is 48.2 Å². The smallest absolute Gasteiger partial charge is 0.0607 e. The van der Waals surface area contributed by atoms with Crippen molar-refractivity contribution >= 4 is 11.6 Å². The second-order valence-electron chi connectivity index (χ2n) is 5.48. The summed E-state index contributed by atoms with van der Waals surface area (Å²) in [5.41, 5.74) is 4.25. The number of benzene rings is 2. The molecule has 0 aliphatic carbocycles. The van der Waals surface area contributed by atoms with Gasteiger partial charge in [-0.15, -0.1) is 0 Å². The third-order valence-corrected chi connectivity index (χ3v) is 4.32. The first-order valence-corrected chi connectivity index (χ1v) is 7.74. The molecule has 2 aromatic carbocycles. The molecule has 0 aromatic heterocycles. The molecule has 0 amide bonds. The fourth-order valence-corrected chi connectivity index (χ4v) is 3.18. The average Bonchev–Trinajstić information content (AvgIpc) is 2.84. The van der Waals surface area contributed by atoms with Gasteiger partial charge < -0.3 is 0 Å². The first-order valence-electron chi connectivity index (χ1n) is 7.37. The molecular formula is C18H20ClN. The van der Waals surface area contributed by atoms with Gasteiger partial charge in [-0.1, -0.05) is 61.3 Å². The summed E-state index contributed by atoms with van der Waals surface area (Å²) >= 11 is 6.02. The van der Waals surface area contributed by atoms with E-state index in [1.54, 1.807) is 0 Å². The van der Waals surface area contributed by atoms with Gasteiger partial charge in [0.2, 0.25) is 0 Å². The van der Waals surface area contributed by atoms with Crippen LogP contribution in [0.3, 0.4) is 0 Å². The lowest BCUT2D eigenvalue weighted by Gasteiger charge is -2.25. The van der Waals surface area contributed by atoms with Crippen molar-refractivity contribution in [3.63, 3.8) is 0 Å². The minimum Gasteiger partial charge on any atom is -0.288 e. The van der Waals surface area contributed by atoms with E-state index >= 15 is 0 Å². The van der Waals surface area contributed by atoms with Crippen LogP contribution in [0.5, 0.6) is 0 Å². The fourth-order valence-electron chi connectivity index (χ4n) is 3.06. The van der Waals surface area contributed by atoms with Crippen molar-refractivity contribution < 1.29 is 0 Å². The molecule has 1 nitrogen and oxygen atoms in total. The molecule has 0 spiro atoms. The maximum absolute atomic E-state index is 6.02. The van der Waals surface area contributed by atoms with Gasteiger partial charge in [0.25, 0.3) is 0 Å². The first-order chi connectivity index (χ1) is 9.79. The number of nitrogens with zero attached hydrogens (tertiary/aromatic N) is 1. The standard InChI is InChI=1S/C18H20ClN/c1-2-3-12-20-13-15-6-4-5-7-17(15)18(20)14-8-10-16(19)11-9-14/h4-11,18H,2-3,12-13H2,1H3. The van der Waals surface area contributed by atoms with E-state index in [-0.39, 0.29) is 0 Å². The lowest BCUT2D eigenvalue weighted by molar-refractivity contribution is 0.240. The van der Waals surface area contributed by atoms with Crippen molar-refractivity contribution in [1.82, 2.24) is 4.90 Å². The van der Waals surface area contributed by atoms with Crippen molar-refractivity contribution in [2.45, 2.75) is 32.4 Å². The fraction of sp³-hybridized carbons (Fsp3) is 0.333. The Bertz CT molecular complexity index is 576. The summed E-state index contributed by atoms with van der Waals surface area (Å²) in [7, 11) is 0. The number of rotatable bonds is 4. The lowest BCUT2D eigenvalue weighted by atomic mass is 9.98. The van der Waals surface area contributed by atoms with Crippen molar-refractivity contribution in [1.29, 1.82) is 0 Å². The van der Waals surface area contributed by atoms with Crippen LogP contribution in [0.15, 0.2) is 48.5 Å². The van der Waals surface area contributed by atoms with Crippen molar-refractivity contribution in [3.05, 3.63) is 70.2 Å². The molecule has 3 rings (SSSR count). The SMILES string of the molecule is CCCCN1Cc2ccccc2C1c1ccc(Cl)cc1. The molecule has 2 aromatic rings. The van der Waals surface area contributed by atoms with E-state index in [4.69, 9.17) is 11.6 Å². The summed E-state index contributed by atoms with van der Waals surface area (Å²) in [5, 5.41) is 0.806. The van der Waals surface area contributed by atoms with Gasteiger partial charge in [0.1, 0.15) is 0 Å². The molecule has 0 saturated carbocycles. The zero-order valence-electron chi connectivity index (χ0n) is 11.8. The highest BCUT2D eigenvalue weighted by Crippen LogP contribution is 2.38. The molecule has 20 heavy (non-hydrogen) atoms. The van der Waals surface area contributed by atoms with Crippen LogP contribution in [0, 0.1) is 0 Å². The predicted molar refractivity (Wildman–Crippen MR) is 85.1 cm³/mol. The van der Waals surface area contributed by atoms with Crippen LogP contribution in [-0.4, -0.2) is 11.4 Å². The summed E-state index contributed by atoms with van der Waals surface area (Å²) in [5.74, 6) is 0. The van der Waals surface area contributed by atoms with E-state index in [0.717, 1.165) is 18.1 Å². The largest absolute Gasteiger partial charge is 0.288 e. The summed E-state index contributed by atoms with van der Waals surface area (Å²) in [6, 6.07) is 17.5. The first kappa shape index (κ1) is 13.7. The van der Waals surface area contributed by atoms with Crippen molar-refractivity contribution in [2.24, 2.45) is 0 Å². The highest BCUT2D eigenvalue weighted by atomic mass is 35.5. The van der Waals surface area contributed by atoms with Gasteiger partial charge in [-0.3, -0.25) is 4.90 Å². The van der Waals surface area contributed by atoms with Crippen molar-refractivity contribution in [2.75, 3.05) is 6.54 Å². The zero-order valence-corrected chi connectivity index (χ0v) is 12.6. The maximum atomic E-state index is 6.02. The summed E-state index contributed by atoms with van der Waals surface area (Å²) < 4.78 is 0. The molecule has 1 aliphatic heterocycles. The molecule has 0 N–H and O–H groups in total. The van der Waals surface area contributed by atoms with E-state index in [9.17, 15) is 0 Å². The maximum Gasteiger partial charge on any atom is 0.0607 e. The number of halogens is 1. The Kier molecular flexibility index (Phi) is 4.09. The Hall–Kier alpha value is -1.31. The summed E-state index contributed by atoms with van der Waals surface area (Å²) in [4.78, 5) is 2.58. The monoisotopic (exact) mass is 285 g/mol. The van der Waals surface area contributed by atoms with E-state index in [1.165, 1.54) is 29.5 Å². The highest BCUT2D eigenvalue weighted by molar-refractivity contribution is 6.30. The van der Waals surface area contributed by atoms with E-state index in [1.807, 2.05) is 12.1 Å². The van der Waals surface area contributed by atoms with Gasteiger partial charge in [0.15, 0.2) is 0 Å². The van der Waals surface area contributed by atoms with Crippen LogP contribution in [0.2, 0.25) is 5.02 Å². The molecule has 0 bridgehead atoms. The second kappa shape index (κ2) is 5.99. The molecule has 104 valence electrons. The van der Waals surface area contributed by atoms with Gasteiger partial charge in [-0.25, -0.2) is 0 Å². The predicted octanol–water partition coefficient (Wildman–Crippen LogP) is 5.05. The number of hydrogen-bond donors (Lipinski definition) is 0. The molecule has 0 fully saturated rings. The summed E-state index contributed by atoms with van der Waals surface area (Å²) in [6.07, 6.45) is 2.48. The molecular weight excluding hydrogens is 266 g/mol. The van der Waals surface area contributed by atoms with Crippen molar-refractivity contribution in [3.8, 4) is 0 Å². The quantitative estimate of drug-likeness (QED) is 0.760. The topological polar surface area (TPSA) is 3.24 Å². The number of unbranched alkanes of at least 4 members (excludes halogenated alkanes) is 1. The van der Waals surface area contributed by atoms with Gasteiger partial charge in [-0.05, 0) is 41.8 Å². The second-order valence-corrected chi connectivity index (χ2v) is 5.91.